The first-order valence-electron chi connectivity index (χ1n) is 6.09. The van der Waals surface area contributed by atoms with Gasteiger partial charge >= 0.3 is 5.97 Å². The fraction of sp³-hybridized carbons (Fsp3) is 0.200. The van der Waals surface area contributed by atoms with E-state index in [0.29, 0.717) is 12.2 Å². The Morgan fingerprint density at radius 3 is 2.84 bits per heavy atom. The van der Waals surface area contributed by atoms with E-state index in [4.69, 9.17) is 5.11 Å². The highest BCUT2D eigenvalue weighted by Gasteiger charge is 2.12. The smallest absolute Gasteiger partial charge is 0.309 e. The molecule has 1 heterocycles. The zero-order valence-corrected chi connectivity index (χ0v) is 10.8. The number of allylic oxidation sites excluding steroid dienone is 3. The molecule has 0 aliphatic carbocycles. The van der Waals surface area contributed by atoms with Crippen LogP contribution in [0.1, 0.15) is 12.6 Å². The molecule has 0 saturated carbocycles. The first-order valence-corrected chi connectivity index (χ1v) is 6.09. The van der Waals surface area contributed by atoms with Crippen molar-refractivity contribution in [2.75, 3.05) is 0 Å². The average molecular weight is 256 g/mol. The van der Waals surface area contributed by atoms with Gasteiger partial charge in [-0.05, 0) is 18.6 Å². The summed E-state index contributed by atoms with van der Waals surface area (Å²) in [5.74, 6) is -0.870. The summed E-state index contributed by atoms with van der Waals surface area (Å²) in [6, 6.07) is 7.67. The van der Waals surface area contributed by atoms with Crippen molar-refractivity contribution in [1.29, 1.82) is 0 Å². The molecule has 0 amide bonds. The molecule has 98 valence electrons. The molecule has 2 rings (SSSR count). The van der Waals surface area contributed by atoms with Crippen LogP contribution in [0.5, 0.6) is 0 Å². The molecule has 4 heteroatoms. The van der Waals surface area contributed by atoms with Crippen molar-refractivity contribution in [1.82, 2.24) is 9.78 Å². The van der Waals surface area contributed by atoms with E-state index in [-0.39, 0.29) is 6.42 Å². The Morgan fingerprint density at radius 2 is 2.21 bits per heavy atom. The van der Waals surface area contributed by atoms with Crippen molar-refractivity contribution in [3.05, 3.63) is 54.3 Å². The lowest BCUT2D eigenvalue weighted by Crippen LogP contribution is -2.05. The third kappa shape index (κ3) is 2.73. The fourth-order valence-electron chi connectivity index (χ4n) is 2.04. The lowest BCUT2D eigenvalue weighted by molar-refractivity contribution is -0.136. The van der Waals surface area contributed by atoms with Crippen LogP contribution in [0.15, 0.2) is 48.6 Å². The van der Waals surface area contributed by atoms with Crippen LogP contribution in [0.2, 0.25) is 0 Å². The van der Waals surface area contributed by atoms with E-state index in [1.807, 2.05) is 41.9 Å². The van der Waals surface area contributed by atoms with Crippen LogP contribution in [0.3, 0.4) is 0 Å². The number of aromatic nitrogens is 2. The Labute approximate surface area is 111 Å². The Hall–Kier alpha value is -2.36. The van der Waals surface area contributed by atoms with Gasteiger partial charge in [0.05, 0.1) is 24.2 Å². The van der Waals surface area contributed by atoms with Crippen LogP contribution in [-0.4, -0.2) is 20.9 Å². The van der Waals surface area contributed by atoms with E-state index in [9.17, 15) is 4.79 Å². The zero-order chi connectivity index (χ0) is 13.8. The van der Waals surface area contributed by atoms with Gasteiger partial charge in [-0.25, -0.2) is 0 Å². The van der Waals surface area contributed by atoms with Gasteiger partial charge in [0.15, 0.2) is 0 Å². The number of hydrogen-bond donors (Lipinski definition) is 1. The molecule has 19 heavy (non-hydrogen) atoms. The number of carboxylic acid groups (broad SMARTS) is 1. The molecule has 0 aliphatic rings. The third-order valence-corrected chi connectivity index (χ3v) is 3.02. The zero-order valence-electron chi connectivity index (χ0n) is 10.8. The Morgan fingerprint density at radius 1 is 1.47 bits per heavy atom. The summed E-state index contributed by atoms with van der Waals surface area (Å²) in [5, 5.41) is 14.2. The second kappa shape index (κ2) is 5.52. The fourth-order valence-corrected chi connectivity index (χ4v) is 2.04. The predicted octanol–water partition coefficient (Wildman–Crippen LogP) is 2.80. The van der Waals surface area contributed by atoms with E-state index < -0.39 is 5.97 Å². The van der Waals surface area contributed by atoms with Crippen molar-refractivity contribution in [2.45, 2.75) is 19.9 Å². The van der Waals surface area contributed by atoms with Gasteiger partial charge in [-0.1, -0.05) is 36.9 Å². The first kappa shape index (κ1) is 13.1. The van der Waals surface area contributed by atoms with Gasteiger partial charge in [0.1, 0.15) is 0 Å². The highest BCUT2D eigenvalue weighted by atomic mass is 16.4. The second-order valence-corrected chi connectivity index (χ2v) is 4.26. The van der Waals surface area contributed by atoms with Crippen LogP contribution in [-0.2, 0) is 17.8 Å². The minimum absolute atomic E-state index is 0.0627. The number of carbonyl (C=O) groups is 1. The molecule has 0 spiro atoms. The maximum absolute atomic E-state index is 10.9. The van der Waals surface area contributed by atoms with Gasteiger partial charge in [-0.15, -0.1) is 0 Å². The first-order chi connectivity index (χ1) is 9.15. The summed E-state index contributed by atoms with van der Waals surface area (Å²) in [4.78, 5) is 10.9. The van der Waals surface area contributed by atoms with Gasteiger partial charge in [0, 0.05) is 5.39 Å². The molecular formula is C15H16N2O2. The number of benzene rings is 1. The number of rotatable bonds is 5. The molecule has 0 saturated heterocycles. The molecule has 0 unspecified atom stereocenters. The van der Waals surface area contributed by atoms with Gasteiger partial charge < -0.3 is 5.11 Å². The predicted molar refractivity (Wildman–Crippen MR) is 75.0 cm³/mol. The third-order valence-electron chi connectivity index (χ3n) is 3.02. The van der Waals surface area contributed by atoms with Crippen LogP contribution >= 0.6 is 0 Å². The molecule has 0 radical (unpaired) electrons. The number of fused-ring (bicyclic) bond motifs is 1. The Balaban J connectivity index is 2.49. The summed E-state index contributed by atoms with van der Waals surface area (Å²) in [7, 11) is 0. The van der Waals surface area contributed by atoms with Crippen molar-refractivity contribution in [3.63, 3.8) is 0 Å². The number of para-hydroxylation sites is 1. The van der Waals surface area contributed by atoms with E-state index in [1.54, 1.807) is 6.08 Å². The highest BCUT2D eigenvalue weighted by molar-refractivity contribution is 5.85. The quantitative estimate of drug-likeness (QED) is 0.837. The molecule has 1 aromatic heterocycles. The largest absolute Gasteiger partial charge is 0.481 e. The number of carboxylic acids is 1. The lowest BCUT2D eigenvalue weighted by Gasteiger charge is -2.03. The summed E-state index contributed by atoms with van der Waals surface area (Å²) in [6.45, 7) is 6.30. The summed E-state index contributed by atoms with van der Waals surface area (Å²) < 4.78 is 1.82. The minimum atomic E-state index is -0.870. The maximum Gasteiger partial charge on any atom is 0.309 e. The molecule has 4 nitrogen and oxygen atoms in total. The van der Waals surface area contributed by atoms with Gasteiger partial charge in [0.25, 0.3) is 0 Å². The van der Waals surface area contributed by atoms with E-state index >= 15 is 0 Å². The average Bonchev–Trinajstić information content (AvgIpc) is 2.74. The van der Waals surface area contributed by atoms with E-state index in [0.717, 1.165) is 16.5 Å². The van der Waals surface area contributed by atoms with Gasteiger partial charge in [-0.3, -0.25) is 9.48 Å². The molecule has 1 N–H and O–H groups in total. The molecule has 0 bridgehead atoms. The van der Waals surface area contributed by atoms with Crippen LogP contribution < -0.4 is 0 Å². The monoisotopic (exact) mass is 256 g/mol. The number of aliphatic carboxylic acids is 1. The van der Waals surface area contributed by atoms with Crippen LogP contribution in [0, 0.1) is 0 Å². The standard InChI is InChI=1S/C15H16N2O2/c1-3-11(4-2)10-17-14-8-6-5-7-12(14)13(16-17)9-15(18)19/h3-8H,1,9-10H2,2H3,(H,18,19). The van der Waals surface area contributed by atoms with E-state index in [2.05, 4.69) is 11.7 Å². The molecule has 0 atom stereocenters. The molecule has 1 aromatic carbocycles. The summed E-state index contributed by atoms with van der Waals surface area (Å²) in [5.41, 5.74) is 2.60. The SMILES string of the molecule is C=CC(=CC)Cn1nc(CC(=O)O)c2ccccc21. The molecule has 2 aromatic rings. The maximum atomic E-state index is 10.9. The Bertz CT molecular complexity index is 653. The highest BCUT2D eigenvalue weighted by Crippen LogP contribution is 2.20. The van der Waals surface area contributed by atoms with Crippen molar-refractivity contribution < 1.29 is 9.90 Å². The second-order valence-electron chi connectivity index (χ2n) is 4.26. The van der Waals surface area contributed by atoms with Crippen LogP contribution in [0.4, 0.5) is 0 Å². The topological polar surface area (TPSA) is 55.1 Å². The normalized spacial score (nSPS) is 11.7. The summed E-state index contributed by atoms with van der Waals surface area (Å²) >= 11 is 0. The molecule has 0 fully saturated rings. The molecular weight excluding hydrogens is 240 g/mol. The van der Waals surface area contributed by atoms with Crippen molar-refractivity contribution in [2.24, 2.45) is 0 Å². The number of hydrogen-bond acceptors (Lipinski definition) is 2. The van der Waals surface area contributed by atoms with Crippen LogP contribution in [0.25, 0.3) is 10.9 Å². The van der Waals surface area contributed by atoms with E-state index in [1.165, 1.54) is 0 Å². The minimum Gasteiger partial charge on any atom is -0.481 e. The van der Waals surface area contributed by atoms with Gasteiger partial charge in [-0.2, -0.15) is 5.10 Å². The summed E-state index contributed by atoms with van der Waals surface area (Å²) in [6.07, 6.45) is 3.69. The van der Waals surface area contributed by atoms with Crippen molar-refractivity contribution in [3.8, 4) is 0 Å². The Kier molecular flexibility index (Phi) is 3.80. The lowest BCUT2D eigenvalue weighted by atomic mass is 10.1. The van der Waals surface area contributed by atoms with Gasteiger partial charge in [0.2, 0.25) is 0 Å². The molecule has 0 aliphatic heterocycles. The van der Waals surface area contributed by atoms with Crippen molar-refractivity contribution >= 4 is 16.9 Å². The number of nitrogens with zero attached hydrogens (tertiary/aromatic N) is 2.